The molecule has 5 aliphatic rings. The SMILES string of the molecule is CC12CC3(C(=O)Nc4ccccc4)[C@@H]1CC[C@@]23C. The van der Waals surface area contributed by atoms with Crippen LogP contribution in [-0.4, -0.2) is 5.91 Å². The van der Waals surface area contributed by atoms with Gasteiger partial charge in [-0.25, -0.2) is 0 Å². The van der Waals surface area contributed by atoms with Gasteiger partial charge in [0.25, 0.3) is 0 Å². The number of hydrogen-bond acceptors (Lipinski definition) is 1. The summed E-state index contributed by atoms with van der Waals surface area (Å²) in [6, 6.07) is 9.85. The molecule has 5 saturated carbocycles. The fourth-order valence-corrected chi connectivity index (χ4v) is 5.48. The fraction of sp³-hybridized carbons (Fsp3) is 0.562. The monoisotopic (exact) mass is 241 g/mol. The Morgan fingerprint density at radius 3 is 2.56 bits per heavy atom. The maximum atomic E-state index is 12.7. The number of amides is 1. The summed E-state index contributed by atoms with van der Waals surface area (Å²) >= 11 is 0. The minimum atomic E-state index is -0.0441. The Morgan fingerprint density at radius 1 is 1.28 bits per heavy atom. The quantitative estimate of drug-likeness (QED) is 0.844. The molecule has 2 nitrogen and oxygen atoms in total. The van der Waals surface area contributed by atoms with E-state index in [-0.39, 0.29) is 16.7 Å². The predicted octanol–water partition coefficient (Wildman–Crippen LogP) is 3.45. The Kier molecular flexibility index (Phi) is 1.66. The van der Waals surface area contributed by atoms with Crippen LogP contribution in [0.1, 0.15) is 33.1 Å². The van der Waals surface area contributed by atoms with Crippen molar-refractivity contribution in [2.24, 2.45) is 22.2 Å². The lowest BCUT2D eigenvalue weighted by Gasteiger charge is -2.81. The van der Waals surface area contributed by atoms with Crippen molar-refractivity contribution in [1.82, 2.24) is 0 Å². The van der Waals surface area contributed by atoms with E-state index in [0.29, 0.717) is 11.3 Å². The Labute approximate surface area is 108 Å². The summed E-state index contributed by atoms with van der Waals surface area (Å²) in [5.74, 6) is 0.904. The second kappa shape index (κ2) is 2.81. The molecule has 2 heteroatoms. The van der Waals surface area contributed by atoms with Gasteiger partial charge < -0.3 is 5.32 Å². The molecule has 1 aromatic carbocycles. The van der Waals surface area contributed by atoms with E-state index < -0.39 is 0 Å². The first-order chi connectivity index (χ1) is 8.55. The van der Waals surface area contributed by atoms with E-state index >= 15 is 0 Å². The third-order valence-corrected chi connectivity index (χ3v) is 6.63. The van der Waals surface area contributed by atoms with E-state index in [1.165, 1.54) is 12.8 Å². The molecule has 94 valence electrons. The van der Waals surface area contributed by atoms with Gasteiger partial charge in [-0.2, -0.15) is 0 Å². The smallest absolute Gasteiger partial charge is 0.231 e. The average Bonchev–Trinajstić information content (AvgIpc) is 2.74. The number of benzene rings is 1. The van der Waals surface area contributed by atoms with E-state index in [2.05, 4.69) is 19.2 Å². The van der Waals surface area contributed by atoms with Gasteiger partial charge in [0.15, 0.2) is 0 Å². The van der Waals surface area contributed by atoms with Crippen molar-refractivity contribution in [2.45, 2.75) is 33.1 Å². The molecule has 1 aromatic rings. The highest BCUT2D eigenvalue weighted by Crippen LogP contribution is 2.93. The highest BCUT2D eigenvalue weighted by molar-refractivity contribution is 5.99. The maximum Gasteiger partial charge on any atom is 0.231 e. The van der Waals surface area contributed by atoms with Crippen LogP contribution >= 0.6 is 0 Å². The zero-order valence-electron chi connectivity index (χ0n) is 11.0. The lowest BCUT2D eigenvalue weighted by molar-refractivity contribution is -0.326. The molecular weight excluding hydrogens is 222 g/mol. The number of anilines is 1. The molecule has 0 aromatic heterocycles. The van der Waals surface area contributed by atoms with Crippen LogP contribution in [0.3, 0.4) is 0 Å². The van der Waals surface area contributed by atoms with Crippen molar-refractivity contribution >= 4 is 11.6 Å². The van der Waals surface area contributed by atoms with Crippen molar-refractivity contribution in [1.29, 1.82) is 0 Å². The zero-order chi connectivity index (χ0) is 12.6. The first-order valence-electron chi connectivity index (χ1n) is 6.91. The molecule has 0 aliphatic heterocycles. The summed E-state index contributed by atoms with van der Waals surface area (Å²) in [4.78, 5) is 12.7. The van der Waals surface area contributed by atoms with Crippen molar-refractivity contribution < 1.29 is 4.79 Å². The second-order valence-corrected chi connectivity index (χ2v) is 6.81. The lowest BCUT2D eigenvalue weighted by atomic mass is 9.21. The summed E-state index contributed by atoms with van der Waals surface area (Å²) in [5.41, 5.74) is 1.61. The van der Waals surface area contributed by atoms with Crippen LogP contribution in [0.15, 0.2) is 30.3 Å². The molecule has 6 rings (SSSR count). The Bertz CT molecular complexity index is 539. The number of carbonyl (C=O) groups excluding carboxylic acids is 1. The fourth-order valence-electron chi connectivity index (χ4n) is 5.48. The molecular formula is C16H19NO. The molecule has 1 N–H and O–H groups in total. The van der Waals surface area contributed by atoms with Crippen LogP contribution in [0, 0.1) is 22.2 Å². The highest BCUT2D eigenvalue weighted by Gasteiger charge is 2.91. The molecule has 18 heavy (non-hydrogen) atoms. The van der Waals surface area contributed by atoms with Gasteiger partial charge in [-0.05, 0) is 48.1 Å². The van der Waals surface area contributed by atoms with Crippen molar-refractivity contribution in [2.75, 3.05) is 5.32 Å². The normalized spacial score (nSPS) is 47.1. The van der Waals surface area contributed by atoms with Gasteiger partial charge in [0.05, 0.1) is 5.41 Å². The standard InChI is InChI=1S/C16H19NO/c1-14-10-16(12(14)8-9-15(14,16)2)13(18)17-11-6-4-3-5-7-11/h3-7,12H,8-10H2,1-2H3,(H,17,18)/t12-,14?,15+,16?/m1/s1. The van der Waals surface area contributed by atoms with Gasteiger partial charge in [-0.15, -0.1) is 0 Å². The molecule has 5 fully saturated rings. The number of carbonyl (C=O) groups is 1. The first kappa shape index (κ1) is 10.6. The van der Waals surface area contributed by atoms with Crippen LogP contribution in [0.5, 0.6) is 0 Å². The summed E-state index contributed by atoms with van der Waals surface area (Å²) < 4.78 is 0. The van der Waals surface area contributed by atoms with Crippen LogP contribution in [-0.2, 0) is 4.79 Å². The van der Waals surface area contributed by atoms with Crippen molar-refractivity contribution in [3.05, 3.63) is 30.3 Å². The Balaban J connectivity index is 1.62. The van der Waals surface area contributed by atoms with Gasteiger partial charge >= 0.3 is 0 Å². The van der Waals surface area contributed by atoms with E-state index in [1.54, 1.807) is 0 Å². The summed E-state index contributed by atoms with van der Waals surface area (Å²) in [7, 11) is 0. The molecule has 0 spiro atoms. The van der Waals surface area contributed by atoms with Crippen LogP contribution in [0.4, 0.5) is 5.69 Å². The molecule has 4 atom stereocenters. The summed E-state index contributed by atoms with van der Waals surface area (Å²) in [5, 5.41) is 3.13. The molecule has 4 bridgehead atoms. The molecule has 0 heterocycles. The Hall–Kier alpha value is -1.31. The predicted molar refractivity (Wildman–Crippen MR) is 71.1 cm³/mol. The molecule has 0 saturated heterocycles. The zero-order valence-corrected chi connectivity index (χ0v) is 11.0. The van der Waals surface area contributed by atoms with Gasteiger partial charge in [-0.1, -0.05) is 32.0 Å². The van der Waals surface area contributed by atoms with Gasteiger partial charge in [0.2, 0.25) is 5.91 Å². The third kappa shape index (κ3) is 0.799. The van der Waals surface area contributed by atoms with E-state index in [1.807, 2.05) is 30.3 Å². The van der Waals surface area contributed by atoms with Gasteiger partial charge in [-0.3, -0.25) is 4.79 Å². The number of rotatable bonds is 2. The second-order valence-electron chi connectivity index (χ2n) is 6.81. The lowest BCUT2D eigenvalue weighted by Crippen LogP contribution is -2.81. The van der Waals surface area contributed by atoms with Crippen molar-refractivity contribution in [3.63, 3.8) is 0 Å². The molecule has 1 amide bonds. The summed E-state index contributed by atoms with van der Waals surface area (Å²) in [6.45, 7) is 4.70. The van der Waals surface area contributed by atoms with Crippen LogP contribution in [0.25, 0.3) is 0 Å². The average molecular weight is 241 g/mol. The summed E-state index contributed by atoms with van der Waals surface area (Å²) in [6.07, 6.45) is 3.57. The minimum absolute atomic E-state index is 0.0441. The molecule has 0 radical (unpaired) electrons. The van der Waals surface area contributed by atoms with E-state index in [0.717, 1.165) is 12.1 Å². The maximum absolute atomic E-state index is 12.7. The highest BCUT2D eigenvalue weighted by atomic mass is 16.2. The number of fused-ring (bicyclic) bond motifs is 1. The number of para-hydroxylation sites is 1. The topological polar surface area (TPSA) is 29.1 Å². The number of nitrogens with one attached hydrogen (secondary N) is 1. The van der Waals surface area contributed by atoms with E-state index in [4.69, 9.17) is 0 Å². The number of hydrogen-bond donors (Lipinski definition) is 1. The minimum Gasteiger partial charge on any atom is -0.326 e. The van der Waals surface area contributed by atoms with Crippen LogP contribution in [0.2, 0.25) is 0 Å². The van der Waals surface area contributed by atoms with E-state index in [9.17, 15) is 4.79 Å². The van der Waals surface area contributed by atoms with Crippen molar-refractivity contribution in [3.8, 4) is 0 Å². The first-order valence-corrected chi connectivity index (χ1v) is 6.91. The Morgan fingerprint density at radius 2 is 2.00 bits per heavy atom. The largest absolute Gasteiger partial charge is 0.326 e. The van der Waals surface area contributed by atoms with Crippen LogP contribution < -0.4 is 5.32 Å². The molecule has 5 aliphatic carbocycles. The van der Waals surface area contributed by atoms with Gasteiger partial charge in [0, 0.05) is 5.69 Å². The van der Waals surface area contributed by atoms with Gasteiger partial charge in [0.1, 0.15) is 0 Å². The molecule has 2 unspecified atom stereocenters. The third-order valence-electron chi connectivity index (χ3n) is 6.63.